The first kappa shape index (κ1) is 16.0. The summed E-state index contributed by atoms with van der Waals surface area (Å²) in [6.45, 7) is 5.01. The molecule has 0 saturated heterocycles. The zero-order valence-electron chi connectivity index (χ0n) is 11.3. The molecule has 19 heavy (non-hydrogen) atoms. The number of rotatable bonds is 7. The monoisotopic (exact) mass is 288 g/mol. The van der Waals surface area contributed by atoms with E-state index in [1.54, 1.807) is 26.0 Å². The van der Waals surface area contributed by atoms with Gasteiger partial charge in [-0.15, -0.1) is 0 Å². The minimum atomic E-state index is -4.06. The Hall–Kier alpha value is -1.03. The summed E-state index contributed by atoms with van der Waals surface area (Å²) in [6.07, 6.45) is 0. The van der Waals surface area contributed by atoms with Gasteiger partial charge in [0.2, 0.25) is 5.78 Å². The zero-order chi connectivity index (χ0) is 14.5. The number of hydrogen-bond acceptors (Lipinski definition) is 4. The molecule has 0 heterocycles. The molecule has 0 aromatic heterocycles. The van der Waals surface area contributed by atoms with Crippen LogP contribution in [0.2, 0.25) is 0 Å². The van der Waals surface area contributed by atoms with Crippen LogP contribution in [0.4, 0.5) is 4.39 Å². The molecule has 6 heteroatoms. The van der Waals surface area contributed by atoms with Crippen LogP contribution >= 0.6 is 7.60 Å². The molecule has 0 spiro atoms. The third kappa shape index (κ3) is 3.96. The topological polar surface area (TPSA) is 52.6 Å². The lowest BCUT2D eigenvalue weighted by molar-refractivity contribution is 0.0895. The van der Waals surface area contributed by atoms with E-state index >= 15 is 0 Å². The molecular weight excluding hydrogens is 270 g/mol. The molecule has 0 aliphatic carbocycles. The largest absolute Gasteiger partial charge is 0.372 e. The molecule has 106 valence electrons. The molecule has 0 N–H and O–H groups in total. The summed E-state index contributed by atoms with van der Waals surface area (Å²) < 4.78 is 36.0. The smallest absolute Gasteiger partial charge is 0.307 e. The molecule has 4 nitrogen and oxygen atoms in total. The van der Waals surface area contributed by atoms with Crippen molar-refractivity contribution in [3.63, 3.8) is 0 Å². The number of Topliss-reactive ketones (excluding diaryl/α,β-unsaturated/α-hetero) is 1. The minimum absolute atomic E-state index is 0.0128. The average molecular weight is 288 g/mol. The molecule has 1 atom stereocenters. The highest BCUT2D eigenvalue weighted by Crippen LogP contribution is 2.54. The number of benzene rings is 1. The van der Waals surface area contributed by atoms with Crippen LogP contribution in [-0.2, 0) is 13.6 Å². The fraction of sp³-hybridized carbons (Fsp3) is 0.462. The summed E-state index contributed by atoms with van der Waals surface area (Å²) in [6, 6.07) is 6.36. The summed E-state index contributed by atoms with van der Waals surface area (Å²) in [7, 11) is -4.06. The van der Waals surface area contributed by atoms with E-state index in [1.807, 2.05) is 6.92 Å². The first-order valence-corrected chi connectivity index (χ1v) is 7.69. The number of carbonyl (C=O) groups excluding carboxylic acids is 1. The van der Waals surface area contributed by atoms with Crippen LogP contribution in [-0.4, -0.2) is 24.9 Å². The SMILES string of the molecule is CCOP(=O)(OCC)C(F)C(=O)c1ccc(C)cc1. The van der Waals surface area contributed by atoms with Crippen molar-refractivity contribution < 1.29 is 22.8 Å². The molecule has 0 fully saturated rings. The minimum Gasteiger partial charge on any atom is -0.307 e. The normalized spacial score (nSPS) is 13.3. The van der Waals surface area contributed by atoms with Gasteiger partial charge in [-0.1, -0.05) is 29.8 Å². The summed E-state index contributed by atoms with van der Waals surface area (Å²) in [5, 5.41) is 0. The molecule has 0 amide bonds. The lowest BCUT2D eigenvalue weighted by atomic mass is 10.1. The molecule has 1 aromatic carbocycles. The predicted octanol–water partition coefficient (Wildman–Crippen LogP) is 3.74. The second-order valence-corrected chi connectivity index (χ2v) is 5.99. The number of halogens is 1. The van der Waals surface area contributed by atoms with Gasteiger partial charge in [-0.25, -0.2) is 4.39 Å². The second-order valence-electron chi connectivity index (χ2n) is 3.94. The van der Waals surface area contributed by atoms with Gasteiger partial charge in [-0.2, -0.15) is 0 Å². The fourth-order valence-corrected chi connectivity index (χ4v) is 3.02. The Morgan fingerprint density at radius 1 is 1.21 bits per heavy atom. The van der Waals surface area contributed by atoms with Gasteiger partial charge in [0.25, 0.3) is 5.91 Å². The number of alkyl halides is 1. The summed E-state index contributed by atoms with van der Waals surface area (Å²) >= 11 is 0. The molecule has 0 aliphatic rings. The number of carbonyl (C=O) groups is 1. The van der Waals surface area contributed by atoms with Crippen molar-refractivity contribution in [2.75, 3.05) is 13.2 Å². The third-order valence-corrected chi connectivity index (χ3v) is 4.47. The van der Waals surface area contributed by atoms with Crippen molar-refractivity contribution in [1.29, 1.82) is 0 Å². The van der Waals surface area contributed by atoms with Crippen molar-refractivity contribution in [1.82, 2.24) is 0 Å². The Balaban J connectivity index is 2.96. The number of aryl methyl sites for hydroxylation is 1. The number of hydrogen-bond donors (Lipinski definition) is 0. The molecule has 0 aliphatic heterocycles. The van der Waals surface area contributed by atoms with Gasteiger partial charge in [0.05, 0.1) is 13.2 Å². The van der Waals surface area contributed by atoms with Crippen molar-refractivity contribution in [3.05, 3.63) is 35.4 Å². The molecule has 0 saturated carbocycles. The highest BCUT2D eigenvalue weighted by molar-refractivity contribution is 7.55. The highest BCUT2D eigenvalue weighted by atomic mass is 31.2. The molecule has 0 radical (unpaired) electrons. The number of ketones is 1. The van der Waals surface area contributed by atoms with E-state index in [0.29, 0.717) is 0 Å². The van der Waals surface area contributed by atoms with Gasteiger partial charge in [-0.3, -0.25) is 9.36 Å². The summed E-state index contributed by atoms with van der Waals surface area (Å²) in [5.41, 5.74) is 1.10. The first-order valence-electron chi connectivity index (χ1n) is 6.08. The summed E-state index contributed by atoms with van der Waals surface area (Å²) in [5.74, 6) is -3.18. The van der Waals surface area contributed by atoms with Gasteiger partial charge >= 0.3 is 7.60 Å². The maximum absolute atomic E-state index is 14.1. The van der Waals surface area contributed by atoms with E-state index in [1.165, 1.54) is 12.1 Å². The van der Waals surface area contributed by atoms with Crippen LogP contribution in [0.3, 0.4) is 0 Å². The van der Waals surface area contributed by atoms with E-state index in [2.05, 4.69) is 0 Å². The van der Waals surface area contributed by atoms with E-state index < -0.39 is 19.3 Å². The standard InChI is InChI=1S/C13H18FO4P/c1-4-17-19(16,18-5-2)13(14)12(15)11-8-6-10(3)7-9-11/h6-9,13H,4-5H2,1-3H3. The van der Waals surface area contributed by atoms with E-state index in [-0.39, 0.29) is 18.8 Å². The zero-order valence-corrected chi connectivity index (χ0v) is 12.2. The van der Waals surface area contributed by atoms with E-state index in [9.17, 15) is 13.8 Å². The van der Waals surface area contributed by atoms with Crippen molar-refractivity contribution in [2.45, 2.75) is 26.7 Å². The molecule has 1 rings (SSSR count). The lowest BCUT2D eigenvalue weighted by Gasteiger charge is -2.19. The van der Waals surface area contributed by atoms with Gasteiger partial charge in [0.1, 0.15) is 0 Å². The van der Waals surface area contributed by atoms with E-state index in [0.717, 1.165) is 5.56 Å². The Kier molecular flexibility index (Phi) is 5.85. The van der Waals surface area contributed by atoms with Gasteiger partial charge in [0, 0.05) is 5.56 Å². The quantitative estimate of drug-likeness (QED) is 0.566. The maximum atomic E-state index is 14.1. The fourth-order valence-electron chi connectivity index (χ4n) is 1.53. The Morgan fingerprint density at radius 3 is 2.11 bits per heavy atom. The van der Waals surface area contributed by atoms with Crippen LogP contribution < -0.4 is 0 Å². The first-order chi connectivity index (χ1) is 8.94. The Bertz CT molecular complexity index is 462. The average Bonchev–Trinajstić information content (AvgIpc) is 2.38. The van der Waals surface area contributed by atoms with E-state index in [4.69, 9.17) is 9.05 Å². The Labute approximate surface area is 112 Å². The molecule has 0 bridgehead atoms. The summed E-state index contributed by atoms with van der Waals surface area (Å²) in [4.78, 5) is 11.9. The van der Waals surface area contributed by atoms with Crippen molar-refractivity contribution >= 4 is 13.4 Å². The molecule has 1 aromatic rings. The predicted molar refractivity (Wildman–Crippen MR) is 71.3 cm³/mol. The maximum Gasteiger partial charge on any atom is 0.372 e. The third-order valence-electron chi connectivity index (χ3n) is 2.45. The van der Waals surface area contributed by atoms with Gasteiger partial charge in [-0.05, 0) is 20.8 Å². The van der Waals surface area contributed by atoms with Gasteiger partial charge < -0.3 is 9.05 Å². The van der Waals surface area contributed by atoms with Crippen LogP contribution in [0.25, 0.3) is 0 Å². The van der Waals surface area contributed by atoms with Crippen molar-refractivity contribution in [3.8, 4) is 0 Å². The van der Waals surface area contributed by atoms with Crippen molar-refractivity contribution in [2.24, 2.45) is 0 Å². The lowest BCUT2D eigenvalue weighted by Crippen LogP contribution is -2.19. The molecular formula is C13H18FO4P. The highest BCUT2D eigenvalue weighted by Gasteiger charge is 2.41. The van der Waals surface area contributed by atoms with Crippen LogP contribution in [0.15, 0.2) is 24.3 Å². The van der Waals surface area contributed by atoms with Gasteiger partial charge in [0.15, 0.2) is 0 Å². The van der Waals surface area contributed by atoms with Crippen LogP contribution in [0.5, 0.6) is 0 Å². The van der Waals surface area contributed by atoms with Crippen LogP contribution in [0.1, 0.15) is 29.8 Å². The second kappa shape index (κ2) is 6.94. The Morgan fingerprint density at radius 2 is 1.68 bits per heavy atom. The van der Waals surface area contributed by atoms with Crippen LogP contribution in [0, 0.1) is 6.92 Å². The molecule has 1 unspecified atom stereocenters.